The van der Waals surface area contributed by atoms with Crippen molar-refractivity contribution in [3.63, 3.8) is 0 Å². The molecule has 0 aliphatic rings. The lowest BCUT2D eigenvalue weighted by atomic mass is 9.85. The van der Waals surface area contributed by atoms with Crippen LogP contribution in [0.15, 0.2) is 30.3 Å². The molecule has 1 aromatic heterocycles. The van der Waals surface area contributed by atoms with Crippen LogP contribution in [0.5, 0.6) is 0 Å². The van der Waals surface area contributed by atoms with Gasteiger partial charge in [0.1, 0.15) is 5.01 Å². The predicted molar refractivity (Wildman–Crippen MR) is 92.0 cm³/mol. The first kappa shape index (κ1) is 17.4. The molecule has 0 bridgehead atoms. The monoisotopic (exact) mass is 334 g/mol. The number of nitrogens with one attached hydrogen (secondary N) is 2. The molecule has 0 aliphatic carbocycles. The van der Waals surface area contributed by atoms with Gasteiger partial charge in [-0.15, -0.1) is 10.2 Å². The van der Waals surface area contributed by atoms with Crippen molar-refractivity contribution in [3.8, 4) is 0 Å². The lowest BCUT2D eigenvalue weighted by Gasteiger charge is -2.21. The Morgan fingerprint density at radius 1 is 1.30 bits per heavy atom. The number of carbonyl (C=O) groups excluding carboxylic acids is 1. The van der Waals surface area contributed by atoms with Crippen molar-refractivity contribution in [3.05, 3.63) is 40.9 Å². The highest BCUT2D eigenvalue weighted by molar-refractivity contribution is 7.15. The van der Waals surface area contributed by atoms with E-state index in [0.717, 1.165) is 10.6 Å². The van der Waals surface area contributed by atoms with E-state index in [1.165, 1.54) is 11.3 Å². The van der Waals surface area contributed by atoms with Gasteiger partial charge in [0.2, 0.25) is 5.13 Å². The third-order valence-corrected chi connectivity index (χ3v) is 4.63. The van der Waals surface area contributed by atoms with E-state index in [2.05, 4.69) is 46.8 Å². The summed E-state index contributed by atoms with van der Waals surface area (Å²) >= 11 is 1.38. The molecular formula is C16H22N4O2S. The van der Waals surface area contributed by atoms with Gasteiger partial charge < -0.3 is 10.1 Å². The molecule has 6 nitrogen and oxygen atoms in total. The molecule has 1 heterocycles. The minimum atomic E-state index is -0.310. The molecule has 1 unspecified atom stereocenters. The molecule has 2 aromatic rings. The zero-order valence-corrected chi connectivity index (χ0v) is 14.6. The van der Waals surface area contributed by atoms with Crippen LogP contribution in [0.4, 0.5) is 9.93 Å². The topological polar surface area (TPSA) is 76.1 Å². The number of anilines is 1. The first-order valence-corrected chi connectivity index (χ1v) is 8.21. The Bertz CT molecular complexity index is 643. The van der Waals surface area contributed by atoms with E-state index >= 15 is 0 Å². The summed E-state index contributed by atoms with van der Waals surface area (Å²) < 4.78 is 4.98. The van der Waals surface area contributed by atoms with Crippen LogP contribution < -0.4 is 10.6 Å². The first-order valence-electron chi connectivity index (χ1n) is 7.39. The largest absolute Gasteiger partial charge is 0.383 e. The van der Waals surface area contributed by atoms with Gasteiger partial charge in [-0.3, -0.25) is 5.32 Å². The molecule has 2 amide bonds. The minimum Gasteiger partial charge on any atom is -0.383 e. The number of amides is 2. The van der Waals surface area contributed by atoms with Crippen molar-refractivity contribution in [1.82, 2.24) is 15.5 Å². The second-order valence-corrected chi connectivity index (χ2v) is 6.84. The van der Waals surface area contributed by atoms with Gasteiger partial charge >= 0.3 is 6.03 Å². The van der Waals surface area contributed by atoms with Crippen molar-refractivity contribution in [1.29, 1.82) is 0 Å². The number of aromatic nitrogens is 2. The standard InChI is InChI=1S/C16H22N4O2S/c1-11(10-22-4)17-14(21)18-15-20-19-13(23-15)16(2,3)12-8-6-5-7-9-12/h5-9,11H,10H2,1-4H3,(H2,17,18,20,21). The zero-order valence-electron chi connectivity index (χ0n) is 13.8. The van der Waals surface area contributed by atoms with Crippen LogP contribution in [0.2, 0.25) is 0 Å². The summed E-state index contributed by atoms with van der Waals surface area (Å²) in [6, 6.07) is 9.73. The Morgan fingerprint density at radius 3 is 2.65 bits per heavy atom. The van der Waals surface area contributed by atoms with Gasteiger partial charge in [0, 0.05) is 12.5 Å². The molecule has 0 spiro atoms. The fourth-order valence-electron chi connectivity index (χ4n) is 2.15. The van der Waals surface area contributed by atoms with Gasteiger partial charge in [0.25, 0.3) is 0 Å². The first-order chi connectivity index (χ1) is 10.9. The van der Waals surface area contributed by atoms with E-state index in [9.17, 15) is 4.79 Å². The summed E-state index contributed by atoms with van der Waals surface area (Å²) in [5.41, 5.74) is 0.888. The third kappa shape index (κ3) is 4.49. The smallest absolute Gasteiger partial charge is 0.321 e. The van der Waals surface area contributed by atoms with Crippen LogP contribution in [-0.2, 0) is 10.2 Å². The Kier molecular flexibility index (Phi) is 5.68. The molecular weight excluding hydrogens is 312 g/mol. The van der Waals surface area contributed by atoms with Crippen LogP contribution in [0.1, 0.15) is 31.3 Å². The zero-order chi connectivity index (χ0) is 16.9. The summed E-state index contributed by atoms with van der Waals surface area (Å²) in [6.07, 6.45) is 0. The molecule has 1 aromatic carbocycles. The lowest BCUT2D eigenvalue weighted by molar-refractivity contribution is 0.173. The van der Waals surface area contributed by atoms with Gasteiger partial charge in [-0.1, -0.05) is 41.7 Å². The van der Waals surface area contributed by atoms with Gasteiger partial charge in [0.15, 0.2) is 0 Å². The van der Waals surface area contributed by atoms with Crippen LogP contribution in [-0.4, -0.2) is 36.0 Å². The van der Waals surface area contributed by atoms with Gasteiger partial charge in [-0.05, 0) is 26.3 Å². The molecule has 0 saturated carbocycles. The van der Waals surface area contributed by atoms with Crippen LogP contribution in [0.3, 0.4) is 0 Å². The highest BCUT2D eigenvalue weighted by Gasteiger charge is 2.27. The van der Waals surface area contributed by atoms with E-state index < -0.39 is 0 Å². The molecule has 1 atom stereocenters. The number of hydrogen-bond acceptors (Lipinski definition) is 5. The second-order valence-electron chi connectivity index (χ2n) is 5.86. The average molecular weight is 334 g/mol. The molecule has 0 radical (unpaired) electrons. The highest BCUT2D eigenvalue weighted by Crippen LogP contribution is 2.34. The third-order valence-electron chi connectivity index (χ3n) is 3.47. The molecule has 2 N–H and O–H groups in total. The van der Waals surface area contributed by atoms with Crippen LogP contribution >= 0.6 is 11.3 Å². The van der Waals surface area contributed by atoms with E-state index in [0.29, 0.717) is 11.7 Å². The average Bonchev–Trinajstić information content (AvgIpc) is 2.97. The normalized spacial score (nSPS) is 12.7. The van der Waals surface area contributed by atoms with Crippen molar-refractivity contribution in [2.45, 2.75) is 32.2 Å². The van der Waals surface area contributed by atoms with Crippen molar-refractivity contribution < 1.29 is 9.53 Å². The van der Waals surface area contributed by atoms with E-state index in [-0.39, 0.29) is 17.5 Å². The summed E-state index contributed by atoms with van der Waals surface area (Å²) in [7, 11) is 1.60. The lowest BCUT2D eigenvalue weighted by Crippen LogP contribution is -2.38. The number of hydrogen-bond donors (Lipinski definition) is 2. The molecule has 124 valence electrons. The SMILES string of the molecule is COCC(C)NC(=O)Nc1nnc(C(C)(C)c2ccccc2)s1. The fourth-order valence-corrected chi connectivity index (χ4v) is 3.02. The highest BCUT2D eigenvalue weighted by atomic mass is 32.1. The fraction of sp³-hybridized carbons (Fsp3) is 0.438. The predicted octanol–water partition coefficient (Wildman–Crippen LogP) is 3.02. The molecule has 2 rings (SSSR count). The summed E-state index contributed by atoms with van der Waals surface area (Å²) in [5, 5.41) is 15.1. The van der Waals surface area contributed by atoms with Crippen LogP contribution in [0.25, 0.3) is 0 Å². The maximum atomic E-state index is 11.9. The number of ether oxygens (including phenoxy) is 1. The number of nitrogens with zero attached hydrogens (tertiary/aromatic N) is 2. The maximum absolute atomic E-state index is 11.9. The minimum absolute atomic E-state index is 0.0758. The molecule has 7 heteroatoms. The number of benzene rings is 1. The Balaban J connectivity index is 2.04. The van der Waals surface area contributed by atoms with Gasteiger partial charge in [0.05, 0.1) is 12.6 Å². The quantitative estimate of drug-likeness (QED) is 0.851. The van der Waals surface area contributed by atoms with E-state index in [4.69, 9.17) is 4.74 Å². The summed E-state index contributed by atoms with van der Waals surface area (Å²) in [4.78, 5) is 11.9. The number of methoxy groups -OCH3 is 1. The molecule has 0 saturated heterocycles. The van der Waals surface area contributed by atoms with Crippen molar-refractivity contribution in [2.24, 2.45) is 0 Å². The Hall–Kier alpha value is -1.99. The maximum Gasteiger partial charge on any atom is 0.321 e. The van der Waals surface area contributed by atoms with Gasteiger partial charge in [-0.2, -0.15) is 0 Å². The molecule has 0 fully saturated rings. The number of carbonyl (C=O) groups is 1. The Labute approximate surface area is 140 Å². The number of urea groups is 1. The van der Waals surface area contributed by atoms with Crippen molar-refractivity contribution in [2.75, 3.05) is 19.0 Å². The molecule has 23 heavy (non-hydrogen) atoms. The Morgan fingerprint density at radius 2 is 2.00 bits per heavy atom. The van der Waals surface area contributed by atoms with E-state index in [1.807, 2.05) is 25.1 Å². The van der Waals surface area contributed by atoms with Crippen molar-refractivity contribution >= 4 is 22.5 Å². The van der Waals surface area contributed by atoms with Crippen LogP contribution in [0, 0.1) is 0 Å². The van der Waals surface area contributed by atoms with Gasteiger partial charge in [-0.25, -0.2) is 4.79 Å². The number of rotatable bonds is 6. The van der Waals surface area contributed by atoms with E-state index in [1.54, 1.807) is 7.11 Å². The summed E-state index contributed by atoms with van der Waals surface area (Å²) in [6.45, 7) is 6.50. The second kappa shape index (κ2) is 7.52. The summed E-state index contributed by atoms with van der Waals surface area (Å²) in [5.74, 6) is 0. The molecule has 0 aliphatic heterocycles.